The zero-order valence-electron chi connectivity index (χ0n) is 11.0. The number of carbonyl (C=O) groups excluding carboxylic acids is 1. The molecule has 0 saturated carbocycles. The van der Waals surface area contributed by atoms with Gasteiger partial charge in [-0.2, -0.15) is 0 Å². The number of rotatable bonds is 6. The van der Waals surface area contributed by atoms with Gasteiger partial charge in [0.15, 0.2) is 5.78 Å². The van der Waals surface area contributed by atoms with Gasteiger partial charge in [-0.15, -0.1) is 0 Å². The van der Waals surface area contributed by atoms with Gasteiger partial charge in [0.1, 0.15) is 11.6 Å². The molecule has 0 saturated heterocycles. The molecule has 18 heavy (non-hydrogen) atoms. The molecule has 1 unspecified atom stereocenters. The third-order valence-electron chi connectivity index (χ3n) is 3.04. The van der Waals surface area contributed by atoms with Crippen LogP contribution in [-0.2, 0) is 0 Å². The predicted octanol–water partition coefficient (Wildman–Crippen LogP) is 3.27. The van der Waals surface area contributed by atoms with Crippen molar-refractivity contribution < 1.29 is 13.6 Å². The van der Waals surface area contributed by atoms with Gasteiger partial charge in [0.05, 0.1) is 11.6 Å². The van der Waals surface area contributed by atoms with Gasteiger partial charge < -0.3 is 0 Å². The zero-order valence-corrected chi connectivity index (χ0v) is 11.0. The van der Waals surface area contributed by atoms with E-state index in [0.29, 0.717) is 0 Å². The molecule has 4 heteroatoms. The molecule has 0 N–H and O–H groups in total. The topological polar surface area (TPSA) is 20.3 Å². The Morgan fingerprint density at radius 1 is 1.33 bits per heavy atom. The number of hydrogen-bond donors (Lipinski definition) is 0. The van der Waals surface area contributed by atoms with Crippen molar-refractivity contribution in [3.05, 3.63) is 35.4 Å². The second-order valence-corrected chi connectivity index (χ2v) is 4.29. The molecule has 1 aromatic carbocycles. The maximum atomic E-state index is 13.5. The fraction of sp³-hybridized carbons (Fsp3) is 0.500. The van der Waals surface area contributed by atoms with Gasteiger partial charge in [-0.05, 0) is 38.6 Å². The molecule has 1 rings (SSSR count). The van der Waals surface area contributed by atoms with E-state index in [0.717, 1.165) is 31.6 Å². The fourth-order valence-corrected chi connectivity index (χ4v) is 1.99. The summed E-state index contributed by atoms with van der Waals surface area (Å²) in [6.07, 6.45) is 0.928. The van der Waals surface area contributed by atoms with Crippen LogP contribution in [0.25, 0.3) is 0 Å². The highest BCUT2D eigenvalue weighted by Gasteiger charge is 2.23. The van der Waals surface area contributed by atoms with Gasteiger partial charge in [0.2, 0.25) is 0 Å². The summed E-state index contributed by atoms with van der Waals surface area (Å²) < 4.78 is 26.3. The Bertz CT molecular complexity index is 420. The molecule has 1 aromatic rings. The molecule has 0 aliphatic carbocycles. The van der Waals surface area contributed by atoms with E-state index in [-0.39, 0.29) is 11.3 Å². The largest absolute Gasteiger partial charge is 0.294 e. The van der Waals surface area contributed by atoms with E-state index in [1.807, 2.05) is 18.7 Å². The van der Waals surface area contributed by atoms with Crippen LogP contribution < -0.4 is 0 Å². The van der Waals surface area contributed by atoms with Crippen LogP contribution in [0.1, 0.15) is 37.6 Å². The predicted molar refractivity (Wildman–Crippen MR) is 67.7 cm³/mol. The molecule has 0 bridgehead atoms. The maximum absolute atomic E-state index is 13.5. The molecule has 0 aliphatic rings. The van der Waals surface area contributed by atoms with Crippen LogP contribution in [0.3, 0.4) is 0 Å². The average Bonchev–Trinajstić information content (AvgIpc) is 2.34. The molecule has 0 fully saturated rings. The lowest BCUT2D eigenvalue weighted by atomic mass is 10.0. The van der Waals surface area contributed by atoms with Crippen molar-refractivity contribution in [1.29, 1.82) is 0 Å². The van der Waals surface area contributed by atoms with Crippen molar-refractivity contribution >= 4 is 5.78 Å². The number of benzene rings is 1. The van der Waals surface area contributed by atoms with Crippen LogP contribution in [0, 0.1) is 11.6 Å². The minimum Gasteiger partial charge on any atom is -0.294 e. The Morgan fingerprint density at radius 2 is 2.00 bits per heavy atom. The standard InChI is InChI=1S/C14H19F2NO/c1-4-8-17(5-2)10(3)14(18)12-7-6-11(15)9-13(12)16/h6-7,9-10H,4-5,8H2,1-3H3. The number of carbonyl (C=O) groups is 1. The summed E-state index contributed by atoms with van der Waals surface area (Å²) in [6, 6.07) is 2.67. The summed E-state index contributed by atoms with van der Waals surface area (Å²) in [5.74, 6) is -1.76. The van der Waals surface area contributed by atoms with Gasteiger partial charge in [0, 0.05) is 6.07 Å². The first-order valence-electron chi connectivity index (χ1n) is 6.24. The number of halogens is 2. The number of ketones is 1. The Hall–Kier alpha value is -1.29. The van der Waals surface area contributed by atoms with E-state index >= 15 is 0 Å². The van der Waals surface area contributed by atoms with E-state index in [2.05, 4.69) is 0 Å². The minimum atomic E-state index is -0.792. The summed E-state index contributed by atoms with van der Waals surface area (Å²) in [5.41, 5.74) is -0.0431. The van der Waals surface area contributed by atoms with Crippen molar-refractivity contribution in [1.82, 2.24) is 4.90 Å². The monoisotopic (exact) mass is 255 g/mol. The summed E-state index contributed by atoms with van der Waals surface area (Å²) in [7, 11) is 0. The van der Waals surface area contributed by atoms with E-state index < -0.39 is 17.7 Å². The number of Topliss-reactive ketones (excluding diaryl/α,β-unsaturated/α-hetero) is 1. The second-order valence-electron chi connectivity index (χ2n) is 4.29. The van der Waals surface area contributed by atoms with E-state index in [1.165, 1.54) is 6.07 Å². The highest BCUT2D eigenvalue weighted by molar-refractivity contribution is 6.00. The van der Waals surface area contributed by atoms with Crippen molar-refractivity contribution in [3.8, 4) is 0 Å². The van der Waals surface area contributed by atoms with Crippen LogP contribution in [0.5, 0.6) is 0 Å². The molecule has 0 radical (unpaired) electrons. The van der Waals surface area contributed by atoms with Gasteiger partial charge >= 0.3 is 0 Å². The van der Waals surface area contributed by atoms with Crippen molar-refractivity contribution in [3.63, 3.8) is 0 Å². The van der Waals surface area contributed by atoms with Gasteiger partial charge in [-0.3, -0.25) is 9.69 Å². The van der Waals surface area contributed by atoms with E-state index in [9.17, 15) is 13.6 Å². The van der Waals surface area contributed by atoms with Crippen LogP contribution in [0.4, 0.5) is 8.78 Å². The molecule has 1 atom stereocenters. The number of hydrogen-bond acceptors (Lipinski definition) is 2. The Kier molecular flexibility index (Phi) is 5.41. The summed E-state index contributed by atoms with van der Waals surface area (Å²) in [5, 5.41) is 0. The number of likely N-dealkylation sites (N-methyl/N-ethyl adjacent to an activating group) is 1. The lowest BCUT2D eigenvalue weighted by Gasteiger charge is -2.26. The van der Waals surface area contributed by atoms with E-state index in [1.54, 1.807) is 6.92 Å². The molecule has 0 aliphatic heterocycles. The Labute approximate surface area is 107 Å². The summed E-state index contributed by atoms with van der Waals surface area (Å²) in [6.45, 7) is 7.25. The molecule has 0 heterocycles. The Balaban J connectivity index is 2.91. The minimum absolute atomic E-state index is 0.0431. The highest BCUT2D eigenvalue weighted by Crippen LogP contribution is 2.14. The van der Waals surface area contributed by atoms with E-state index in [4.69, 9.17) is 0 Å². The molecule has 0 amide bonds. The molecule has 2 nitrogen and oxygen atoms in total. The van der Waals surface area contributed by atoms with Crippen LogP contribution in [0.2, 0.25) is 0 Å². The average molecular weight is 255 g/mol. The van der Waals surface area contributed by atoms with Gasteiger partial charge in [-0.1, -0.05) is 13.8 Å². The third kappa shape index (κ3) is 3.35. The second kappa shape index (κ2) is 6.59. The van der Waals surface area contributed by atoms with Crippen LogP contribution >= 0.6 is 0 Å². The van der Waals surface area contributed by atoms with Crippen molar-refractivity contribution in [2.75, 3.05) is 13.1 Å². The molecular weight excluding hydrogens is 236 g/mol. The van der Waals surface area contributed by atoms with Crippen molar-refractivity contribution in [2.45, 2.75) is 33.2 Å². The smallest absolute Gasteiger partial charge is 0.182 e. The number of nitrogens with zero attached hydrogens (tertiary/aromatic N) is 1. The first-order chi connectivity index (χ1) is 8.51. The normalized spacial score (nSPS) is 12.8. The summed E-state index contributed by atoms with van der Waals surface area (Å²) in [4.78, 5) is 14.1. The molecule has 0 aromatic heterocycles. The molecule has 100 valence electrons. The highest BCUT2D eigenvalue weighted by atomic mass is 19.1. The third-order valence-corrected chi connectivity index (χ3v) is 3.04. The van der Waals surface area contributed by atoms with Gasteiger partial charge in [-0.25, -0.2) is 8.78 Å². The Morgan fingerprint density at radius 3 is 2.50 bits per heavy atom. The van der Waals surface area contributed by atoms with Crippen molar-refractivity contribution in [2.24, 2.45) is 0 Å². The first-order valence-corrected chi connectivity index (χ1v) is 6.24. The van der Waals surface area contributed by atoms with Gasteiger partial charge in [0.25, 0.3) is 0 Å². The fourth-order valence-electron chi connectivity index (χ4n) is 1.99. The summed E-state index contributed by atoms with van der Waals surface area (Å²) >= 11 is 0. The maximum Gasteiger partial charge on any atom is 0.182 e. The lowest BCUT2D eigenvalue weighted by Crippen LogP contribution is -2.39. The first kappa shape index (κ1) is 14.8. The SMILES string of the molecule is CCCN(CC)C(C)C(=O)c1ccc(F)cc1F. The molecule has 0 spiro atoms. The van der Waals surface area contributed by atoms with Crippen LogP contribution in [0.15, 0.2) is 18.2 Å². The lowest BCUT2D eigenvalue weighted by molar-refractivity contribution is 0.0840. The molecular formula is C14H19F2NO. The zero-order chi connectivity index (χ0) is 13.7. The van der Waals surface area contributed by atoms with Crippen LogP contribution in [-0.4, -0.2) is 29.8 Å². The quantitative estimate of drug-likeness (QED) is 0.727.